The van der Waals surface area contributed by atoms with Gasteiger partial charge < -0.3 is 14.5 Å². The van der Waals surface area contributed by atoms with Crippen molar-refractivity contribution in [2.45, 2.75) is 12.3 Å². The van der Waals surface area contributed by atoms with Crippen molar-refractivity contribution >= 4 is 6.08 Å². The summed E-state index contributed by atoms with van der Waals surface area (Å²) < 4.78 is 11.2. The predicted molar refractivity (Wildman–Crippen MR) is 107 cm³/mol. The average molecular weight is 347 g/mol. The van der Waals surface area contributed by atoms with Crippen LogP contribution in [0.4, 0.5) is 0 Å². The number of ether oxygens (including phenoxy) is 1. The second-order valence-corrected chi connectivity index (χ2v) is 6.12. The molecule has 3 nitrogen and oxygen atoms in total. The molecule has 26 heavy (non-hydrogen) atoms. The molecule has 3 aromatic rings. The van der Waals surface area contributed by atoms with Crippen LogP contribution >= 0.6 is 0 Å². The highest BCUT2D eigenvalue weighted by Gasteiger charge is 2.20. The third-order valence-electron chi connectivity index (χ3n) is 4.38. The molecule has 1 heterocycles. The van der Waals surface area contributed by atoms with Gasteiger partial charge in [-0.3, -0.25) is 0 Å². The smallest absolute Gasteiger partial charge is 0.122 e. The van der Waals surface area contributed by atoms with E-state index < -0.39 is 0 Å². The van der Waals surface area contributed by atoms with Gasteiger partial charge in [-0.25, -0.2) is 0 Å². The molecule has 2 aromatic carbocycles. The molecule has 134 valence electrons. The van der Waals surface area contributed by atoms with E-state index in [4.69, 9.17) is 9.15 Å². The monoisotopic (exact) mass is 347 g/mol. The summed E-state index contributed by atoms with van der Waals surface area (Å²) >= 11 is 0. The van der Waals surface area contributed by atoms with Crippen molar-refractivity contribution in [3.05, 3.63) is 96.0 Å². The van der Waals surface area contributed by atoms with Gasteiger partial charge in [-0.2, -0.15) is 0 Å². The quantitative estimate of drug-likeness (QED) is 0.546. The first-order valence-corrected chi connectivity index (χ1v) is 8.97. The van der Waals surface area contributed by atoms with Gasteiger partial charge in [-0.05, 0) is 36.7 Å². The summed E-state index contributed by atoms with van der Waals surface area (Å²) in [7, 11) is 1.71. The highest BCUT2D eigenvalue weighted by atomic mass is 16.5. The first-order valence-electron chi connectivity index (χ1n) is 8.97. The van der Waals surface area contributed by atoms with E-state index in [-0.39, 0.29) is 5.92 Å². The van der Waals surface area contributed by atoms with Gasteiger partial charge in [-0.1, -0.05) is 60.7 Å². The Labute approximate surface area is 155 Å². The van der Waals surface area contributed by atoms with E-state index in [2.05, 4.69) is 35.7 Å². The molecule has 1 aromatic heterocycles. The fraction of sp³-hybridized carbons (Fsp3) is 0.217. The van der Waals surface area contributed by atoms with Crippen LogP contribution in [0.15, 0.2) is 83.5 Å². The first kappa shape index (κ1) is 18.0. The molecule has 0 fully saturated rings. The minimum absolute atomic E-state index is 0.173. The van der Waals surface area contributed by atoms with Gasteiger partial charge >= 0.3 is 0 Å². The molecule has 1 N–H and O–H groups in total. The van der Waals surface area contributed by atoms with Gasteiger partial charge in [0.25, 0.3) is 0 Å². The third-order valence-corrected chi connectivity index (χ3v) is 4.38. The number of benzene rings is 2. The average Bonchev–Trinajstić information content (AvgIpc) is 3.23. The lowest BCUT2D eigenvalue weighted by Gasteiger charge is -2.18. The molecule has 0 unspecified atom stereocenters. The van der Waals surface area contributed by atoms with Gasteiger partial charge in [-0.15, -0.1) is 0 Å². The van der Waals surface area contributed by atoms with Gasteiger partial charge in [0.1, 0.15) is 11.5 Å². The number of methoxy groups -OCH3 is 1. The van der Waals surface area contributed by atoms with Crippen molar-refractivity contribution in [3.63, 3.8) is 0 Å². The van der Waals surface area contributed by atoms with Crippen molar-refractivity contribution in [2.75, 3.05) is 20.2 Å². The molecule has 0 radical (unpaired) electrons. The summed E-state index contributed by atoms with van der Waals surface area (Å²) in [6.07, 6.45) is 6.96. The topological polar surface area (TPSA) is 34.4 Å². The van der Waals surface area contributed by atoms with Crippen LogP contribution in [0.1, 0.15) is 29.2 Å². The number of nitrogens with one attached hydrogen (secondary N) is 1. The highest BCUT2D eigenvalue weighted by molar-refractivity contribution is 5.48. The van der Waals surface area contributed by atoms with E-state index >= 15 is 0 Å². The molecule has 0 amide bonds. The van der Waals surface area contributed by atoms with E-state index in [0.29, 0.717) is 0 Å². The fourth-order valence-electron chi connectivity index (χ4n) is 3.09. The Bertz CT molecular complexity index is 794. The Morgan fingerprint density at radius 1 is 1.00 bits per heavy atom. The fourth-order valence-corrected chi connectivity index (χ4v) is 3.09. The molecule has 1 atom stereocenters. The lowest BCUT2D eigenvalue weighted by molar-refractivity contribution is 0.399. The molecule has 3 heteroatoms. The standard InChI is InChI=1S/C23H25NO2/c1-25-22-13-6-5-12-20(22)21(23-14-8-18-26-23)15-17-24-16-7-11-19-9-3-2-4-10-19/h2-14,18,21,24H,15-17H2,1H3/t21-/m1/s1. The minimum atomic E-state index is 0.173. The molecule has 0 aliphatic rings. The molecule has 0 aliphatic carbocycles. The molecular weight excluding hydrogens is 322 g/mol. The van der Waals surface area contributed by atoms with Crippen LogP contribution in [0.2, 0.25) is 0 Å². The Kier molecular flexibility index (Phi) is 6.68. The van der Waals surface area contributed by atoms with Crippen molar-refractivity contribution < 1.29 is 9.15 Å². The molecular formula is C23H25NO2. The van der Waals surface area contributed by atoms with Crippen LogP contribution in [0.3, 0.4) is 0 Å². The Morgan fingerprint density at radius 3 is 2.58 bits per heavy atom. The van der Waals surface area contributed by atoms with Gasteiger partial charge in [0.15, 0.2) is 0 Å². The van der Waals surface area contributed by atoms with E-state index in [9.17, 15) is 0 Å². The summed E-state index contributed by atoms with van der Waals surface area (Å²) in [5.41, 5.74) is 2.38. The number of hydrogen-bond donors (Lipinski definition) is 1. The maximum Gasteiger partial charge on any atom is 0.122 e. The van der Waals surface area contributed by atoms with E-state index in [1.165, 1.54) is 5.56 Å². The molecule has 0 spiro atoms. The molecule has 0 bridgehead atoms. The Hall–Kier alpha value is -2.78. The zero-order valence-corrected chi connectivity index (χ0v) is 15.1. The maximum absolute atomic E-state index is 5.69. The van der Waals surface area contributed by atoms with Crippen LogP contribution in [-0.4, -0.2) is 20.2 Å². The van der Waals surface area contributed by atoms with Crippen molar-refractivity contribution in [1.82, 2.24) is 5.32 Å². The predicted octanol–water partition coefficient (Wildman–Crippen LogP) is 5.11. The number of rotatable bonds is 9. The highest BCUT2D eigenvalue weighted by Crippen LogP contribution is 2.34. The summed E-state index contributed by atoms with van der Waals surface area (Å²) in [4.78, 5) is 0. The molecule has 3 rings (SSSR count). The number of furan rings is 1. The number of hydrogen-bond acceptors (Lipinski definition) is 3. The van der Waals surface area contributed by atoms with Gasteiger partial charge in [0, 0.05) is 18.0 Å². The molecule has 0 aliphatic heterocycles. The lowest BCUT2D eigenvalue weighted by Crippen LogP contribution is -2.18. The first-order chi connectivity index (χ1) is 12.9. The van der Waals surface area contributed by atoms with Gasteiger partial charge in [0.2, 0.25) is 0 Å². The van der Waals surface area contributed by atoms with Crippen LogP contribution in [0.25, 0.3) is 6.08 Å². The largest absolute Gasteiger partial charge is 0.496 e. The normalized spacial score (nSPS) is 12.3. The zero-order chi connectivity index (χ0) is 18.0. The molecule has 0 saturated carbocycles. The second-order valence-electron chi connectivity index (χ2n) is 6.12. The Morgan fingerprint density at radius 2 is 1.81 bits per heavy atom. The second kappa shape index (κ2) is 9.64. The Balaban J connectivity index is 1.58. The lowest BCUT2D eigenvalue weighted by atomic mass is 9.92. The summed E-state index contributed by atoms with van der Waals surface area (Å²) in [5, 5.41) is 3.49. The minimum Gasteiger partial charge on any atom is -0.496 e. The van der Waals surface area contributed by atoms with Crippen LogP contribution in [0.5, 0.6) is 5.75 Å². The maximum atomic E-state index is 5.69. The van der Waals surface area contributed by atoms with Crippen molar-refractivity contribution in [3.8, 4) is 5.75 Å². The van der Waals surface area contributed by atoms with Gasteiger partial charge in [0.05, 0.1) is 13.4 Å². The zero-order valence-electron chi connectivity index (χ0n) is 15.1. The molecule has 0 saturated heterocycles. The number of para-hydroxylation sites is 1. The van der Waals surface area contributed by atoms with Crippen LogP contribution in [-0.2, 0) is 0 Å². The van der Waals surface area contributed by atoms with E-state index in [1.807, 2.05) is 48.5 Å². The SMILES string of the molecule is COc1ccccc1[C@@H](CCNCC=Cc1ccccc1)c1ccco1. The van der Waals surface area contributed by atoms with Crippen LogP contribution < -0.4 is 10.1 Å². The van der Waals surface area contributed by atoms with E-state index in [1.54, 1.807) is 13.4 Å². The van der Waals surface area contributed by atoms with E-state index in [0.717, 1.165) is 36.6 Å². The van der Waals surface area contributed by atoms with Crippen molar-refractivity contribution in [1.29, 1.82) is 0 Å². The summed E-state index contributed by atoms with van der Waals surface area (Å²) in [5.74, 6) is 2.04. The summed E-state index contributed by atoms with van der Waals surface area (Å²) in [6.45, 7) is 1.73. The third kappa shape index (κ3) is 4.87. The van der Waals surface area contributed by atoms with Crippen LogP contribution in [0, 0.1) is 0 Å². The summed E-state index contributed by atoms with van der Waals surface area (Å²) in [6, 6.07) is 22.5. The van der Waals surface area contributed by atoms with Crippen molar-refractivity contribution in [2.24, 2.45) is 0 Å².